The molecule has 0 fully saturated rings. The van der Waals surface area contributed by atoms with Crippen LogP contribution in [-0.4, -0.2) is 4.98 Å². The molecule has 3 heteroatoms. The summed E-state index contributed by atoms with van der Waals surface area (Å²) in [5, 5.41) is 0. The van der Waals surface area contributed by atoms with Gasteiger partial charge in [0.2, 0.25) is 0 Å². The predicted molar refractivity (Wildman–Crippen MR) is 45.7 cm³/mol. The Labute approximate surface area is 75.0 Å². The van der Waals surface area contributed by atoms with Gasteiger partial charge in [-0.1, -0.05) is 12.1 Å². The van der Waals surface area contributed by atoms with Gasteiger partial charge in [0.1, 0.15) is 12.1 Å². The Balaban J connectivity index is 2.15. The molecule has 1 aromatic carbocycles. The Morgan fingerprint density at radius 1 is 1.23 bits per heavy atom. The average molecular weight is 177 g/mol. The van der Waals surface area contributed by atoms with E-state index in [0.717, 1.165) is 5.56 Å². The van der Waals surface area contributed by atoms with E-state index in [1.807, 2.05) is 0 Å². The van der Waals surface area contributed by atoms with Crippen molar-refractivity contribution in [2.75, 3.05) is 0 Å². The maximum atomic E-state index is 12.5. The van der Waals surface area contributed by atoms with E-state index in [-0.39, 0.29) is 5.82 Å². The lowest BCUT2D eigenvalue weighted by atomic mass is 10.1. The standard InChI is InChI=1S/C10H8FNO/c11-9-3-1-8(2-4-9)7-10-12-5-6-13-10/h1-6H,7H2. The minimum atomic E-state index is -0.226. The molecular weight excluding hydrogens is 169 g/mol. The van der Waals surface area contributed by atoms with Gasteiger partial charge < -0.3 is 4.42 Å². The summed E-state index contributed by atoms with van der Waals surface area (Å²) in [5.74, 6) is 0.419. The van der Waals surface area contributed by atoms with Crippen LogP contribution in [-0.2, 0) is 6.42 Å². The lowest BCUT2D eigenvalue weighted by Gasteiger charge is -1.95. The topological polar surface area (TPSA) is 26.0 Å². The molecule has 0 aliphatic carbocycles. The van der Waals surface area contributed by atoms with Gasteiger partial charge in [-0.15, -0.1) is 0 Å². The molecule has 1 aromatic heterocycles. The van der Waals surface area contributed by atoms with E-state index < -0.39 is 0 Å². The molecule has 0 saturated carbocycles. The van der Waals surface area contributed by atoms with Gasteiger partial charge >= 0.3 is 0 Å². The van der Waals surface area contributed by atoms with Crippen LogP contribution in [0.3, 0.4) is 0 Å². The van der Waals surface area contributed by atoms with Gasteiger partial charge in [-0.2, -0.15) is 0 Å². The fraction of sp³-hybridized carbons (Fsp3) is 0.100. The number of halogens is 1. The van der Waals surface area contributed by atoms with Crippen LogP contribution in [0.5, 0.6) is 0 Å². The molecule has 0 atom stereocenters. The second-order valence-corrected chi connectivity index (χ2v) is 2.73. The van der Waals surface area contributed by atoms with E-state index in [1.54, 1.807) is 18.3 Å². The molecule has 1 heterocycles. The van der Waals surface area contributed by atoms with Gasteiger partial charge in [0, 0.05) is 6.42 Å². The first kappa shape index (κ1) is 7.98. The molecule has 0 spiro atoms. The quantitative estimate of drug-likeness (QED) is 0.704. The average Bonchev–Trinajstić information content (AvgIpc) is 2.62. The number of oxazole rings is 1. The highest BCUT2D eigenvalue weighted by Crippen LogP contribution is 2.08. The van der Waals surface area contributed by atoms with E-state index in [4.69, 9.17) is 4.42 Å². The van der Waals surface area contributed by atoms with Crippen LogP contribution in [0.1, 0.15) is 11.5 Å². The molecule has 0 bridgehead atoms. The second kappa shape index (κ2) is 3.39. The van der Waals surface area contributed by atoms with Crippen molar-refractivity contribution >= 4 is 0 Å². The Hall–Kier alpha value is -1.64. The maximum absolute atomic E-state index is 12.5. The van der Waals surface area contributed by atoms with Gasteiger partial charge in [-0.3, -0.25) is 0 Å². The fourth-order valence-corrected chi connectivity index (χ4v) is 1.12. The highest BCUT2D eigenvalue weighted by atomic mass is 19.1. The summed E-state index contributed by atoms with van der Waals surface area (Å²) in [7, 11) is 0. The summed E-state index contributed by atoms with van der Waals surface area (Å²) in [6, 6.07) is 6.30. The zero-order valence-corrected chi connectivity index (χ0v) is 6.90. The van der Waals surface area contributed by atoms with E-state index in [1.165, 1.54) is 18.4 Å². The molecule has 0 radical (unpaired) electrons. The van der Waals surface area contributed by atoms with E-state index in [9.17, 15) is 4.39 Å². The van der Waals surface area contributed by atoms with Gasteiger partial charge in [-0.05, 0) is 17.7 Å². The Morgan fingerprint density at radius 3 is 2.62 bits per heavy atom. The molecule has 13 heavy (non-hydrogen) atoms. The van der Waals surface area contributed by atoms with Crippen LogP contribution in [0.4, 0.5) is 4.39 Å². The van der Waals surface area contributed by atoms with Crippen LogP contribution >= 0.6 is 0 Å². The Kier molecular flexibility index (Phi) is 2.08. The lowest BCUT2D eigenvalue weighted by Crippen LogP contribution is -1.87. The smallest absolute Gasteiger partial charge is 0.198 e. The molecule has 0 N–H and O–H groups in total. The van der Waals surface area contributed by atoms with Crippen molar-refractivity contribution < 1.29 is 8.81 Å². The normalized spacial score (nSPS) is 10.2. The predicted octanol–water partition coefficient (Wildman–Crippen LogP) is 2.40. The third-order valence-corrected chi connectivity index (χ3v) is 1.75. The van der Waals surface area contributed by atoms with Crippen LogP contribution in [0.2, 0.25) is 0 Å². The van der Waals surface area contributed by atoms with Gasteiger partial charge in [0.25, 0.3) is 0 Å². The molecule has 0 aliphatic rings. The van der Waals surface area contributed by atoms with Gasteiger partial charge in [0.05, 0.1) is 6.20 Å². The van der Waals surface area contributed by atoms with Crippen LogP contribution < -0.4 is 0 Å². The number of benzene rings is 1. The summed E-state index contributed by atoms with van der Waals surface area (Å²) in [5.41, 5.74) is 0.990. The van der Waals surface area contributed by atoms with E-state index >= 15 is 0 Å². The number of rotatable bonds is 2. The number of hydrogen-bond acceptors (Lipinski definition) is 2. The molecule has 66 valence electrons. The highest BCUT2D eigenvalue weighted by Gasteiger charge is 1.99. The minimum absolute atomic E-state index is 0.226. The Bertz CT molecular complexity index is 366. The zero-order valence-electron chi connectivity index (χ0n) is 6.90. The molecule has 0 aliphatic heterocycles. The first-order valence-corrected chi connectivity index (χ1v) is 3.97. The van der Waals surface area contributed by atoms with Crippen molar-refractivity contribution in [2.45, 2.75) is 6.42 Å². The summed E-state index contributed by atoms with van der Waals surface area (Å²) in [4.78, 5) is 3.97. The maximum Gasteiger partial charge on any atom is 0.198 e. The van der Waals surface area contributed by atoms with Crippen molar-refractivity contribution in [2.24, 2.45) is 0 Å². The second-order valence-electron chi connectivity index (χ2n) is 2.73. The van der Waals surface area contributed by atoms with Gasteiger partial charge in [-0.25, -0.2) is 9.37 Å². The van der Waals surface area contributed by atoms with Crippen molar-refractivity contribution in [3.05, 3.63) is 54.0 Å². The first-order valence-electron chi connectivity index (χ1n) is 3.97. The Morgan fingerprint density at radius 2 is 2.00 bits per heavy atom. The van der Waals surface area contributed by atoms with Crippen molar-refractivity contribution in [1.82, 2.24) is 4.98 Å². The largest absolute Gasteiger partial charge is 0.449 e. The third-order valence-electron chi connectivity index (χ3n) is 1.75. The number of aromatic nitrogens is 1. The molecule has 2 rings (SSSR count). The molecule has 0 unspecified atom stereocenters. The molecule has 0 saturated heterocycles. The highest BCUT2D eigenvalue weighted by molar-refractivity contribution is 5.18. The zero-order chi connectivity index (χ0) is 9.10. The minimum Gasteiger partial charge on any atom is -0.449 e. The monoisotopic (exact) mass is 177 g/mol. The summed E-state index contributed by atoms with van der Waals surface area (Å²) in [6.07, 6.45) is 3.73. The van der Waals surface area contributed by atoms with E-state index in [2.05, 4.69) is 4.98 Å². The number of nitrogens with zero attached hydrogens (tertiary/aromatic N) is 1. The summed E-state index contributed by atoms with van der Waals surface area (Å²) in [6.45, 7) is 0. The van der Waals surface area contributed by atoms with Crippen molar-refractivity contribution in [1.29, 1.82) is 0 Å². The van der Waals surface area contributed by atoms with Crippen LogP contribution in [0, 0.1) is 5.82 Å². The molecule has 0 amide bonds. The molecule has 2 nitrogen and oxygen atoms in total. The van der Waals surface area contributed by atoms with Crippen LogP contribution in [0.15, 0.2) is 41.1 Å². The van der Waals surface area contributed by atoms with Crippen LogP contribution in [0.25, 0.3) is 0 Å². The van der Waals surface area contributed by atoms with Gasteiger partial charge in [0.15, 0.2) is 5.89 Å². The van der Waals surface area contributed by atoms with Crippen molar-refractivity contribution in [3.8, 4) is 0 Å². The molecule has 2 aromatic rings. The summed E-state index contributed by atoms with van der Waals surface area (Å²) >= 11 is 0. The fourth-order valence-electron chi connectivity index (χ4n) is 1.12. The molecular formula is C10H8FNO. The third kappa shape index (κ3) is 1.93. The first-order chi connectivity index (χ1) is 6.34. The number of hydrogen-bond donors (Lipinski definition) is 0. The summed E-state index contributed by atoms with van der Waals surface area (Å²) < 4.78 is 17.6. The van der Waals surface area contributed by atoms with Crippen molar-refractivity contribution in [3.63, 3.8) is 0 Å². The van der Waals surface area contributed by atoms with E-state index in [0.29, 0.717) is 12.3 Å². The lowest BCUT2D eigenvalue weighted by molar-refractivity contribution is 0.506. The SMILES string of the molecule is Fc1ccc(Cc2ncco2)cc1.